The van der Waals surface area contributed by atoms with Crippen molar-refractivity contribution < 1.29 is 9.90 Å². The van der Waals surface area contributed by atoms with Gasteiger partial charge in [0.1, 0.15) is 0 Å². The molecule has 19 heavy (non-hydrogen) atoms. The minimum atomic E-state index is -1.08. The molecule has 4 N–H and O–H groups in total. The molecule has 0 spiro atoms. The lowest BCUT2D eigenvalue weighted by Crippen LogP contribution is -2.07. The Kier molecular flexibility index (Phi) is 3.62. The number of nitrogens with one attached hydrogen (secondary N) is 1. The van der Waals surface area contributed by atoms with Gasteiger partial charge >= 0.3 is 5.97 Å². The highest BCUT2D eigenvalue weighted by atomic mass is 35.5. The number of halogens is 1. The summed E-state index contributed by atoms with van der Waals surface area (Å²) in [6, 6.07) is 2.89. The van der Waals surface area contributed by atoms with E-state index in [-0.39, 0.29) is 10.6 Å². The number of rotatable bonds is 4. The van der Waals surface area contributed by atoms with E-state index in [0.717, 1.165) is 5.56 Å². The molecule has 1 aromatic carbocycles. The van der Waals surface area contributed by atoms with E-state index < -0.39 is 5.97 Å². The Bertz CT molecular complexity index is 624. The number of carboxylic acid groups (broad SMARTS) is 1. The van der Waals surface area contributed by atoms with Crippen molar-refractivity contribution in [2.45, 2.75) is 6.54 Å². The van der Waals surface area contributed by atoms with E-state index in [0.29, 0.717) is 17.9 Å². The summed E-state index contributed by atoms with van der Waals surface area (Å²) in [6.45, 7) is 0.428. The number of nitrogens with two attached hydrogens (primary N) is 1. The summed E-state index contributed by atoms with van der Waals surface area (Å²) in [5.41, 5.74) is 7.23. The van der Waals surface area contributed by atoms with Crippen molar-refractivity contribution in [2.24, 2.45) is 7.05 Å². The molecule has 100 valence electrons. The minimum Gasteiger partial charge on any atom is -0.478 e. The van der Waals surface area contributed by atoms with Crippen LogP contribution in [0.4, 0.5) is 11.4 Å². The first-order chi connectivity index (χ1) is 8.97. The second kappa shape index (κ2) is 5.19. The molecule has 0 aliphatic heterocycles. The molecule has 0 unspecified atom stereocenters. The highest BCUT2D eigenvalue weighted by Gasteiger charge is 2.14. The third-order valence-corrected chi connectivity index (χ3v) is 2.87. The van der Waals surface area contributed by atoms with Crippen molar-refractivity contribution in [1.29, 1.82) is 0 Å². The molecule has 6 nitrogen and oxygen atoms in total. The zero-order valence-electron chi connectivity index (χ0n) is 10.2. The molecule has 7 heteroatoms. The Morgan fingerprint density at radius 2 is 2.32 bits per heavy atom. The van der Waals surface area contributed by atoms with Crippen molar-refractivity contribution in [3.05, 3.63) is 40.7 Å². The molecular formula is C12H13ClN4O2. The smallest absolute Gasteiger partial charge is 0.337 e. The first-order valence-corrected chi connectivity index (χ1v) is 5.89. The number of nitrogens with zero attached hydrogens (tertiary/aromatic N) is 2. The molecule has 1 heterocycles. The molecule has 0 radical (unpaired) electrons. The van der Waals surface area contributed by atoms with Gasteiger partial charge in [-0.25, -0.2) is 4.79 Å². The number of benzene rings is 1. The molecule has 2 aromatic rings. The molecule has 2 rings (SSSR count). The molecule has 0 amide bonds. The molecule has 0 aliphatic carbocycles. The van der Waals surface area contributed by atoms with Crippen molar-refractivity contribution in [3.63, 3.8) is 0 Å². The number of carbonyl (C=O) groups is 1. The van der Waals surface area contributed by atoms with Gasteiger partial charge < -0.3 is 16.2 Å². The van der Waals surface area contributed by atoms with Gasteiger partial charge in [-0.2, -0.15) is 5.10 Å². The fourth-order valence-corrected chi connectivity index (χ4v) is 2.02. The predicted octanol–water partition coefficient (Wildman–Crippen LogP) is 1.97. The van der Waals surface area contributed by atoms with Crippen LogP contribution in [0, 0.1) is 0 Å². The number of hydrogen-bond donors (Lipinski definition) is 3. The fourth-order valence-electron chi connectivity index (χ4n) is 1.73. The van der Waals surface area contributed by atoms with Gasteiger partial charge in [0.05, 0.1) is 22.5 Å². The molecular weight excluding hydrogens is 268 g/mol. The molecule has 1 aromatic heterocycles. The van der Waals surface area contributed by atoms with E-state index in [2.05, 4.69) is 10.4 Å². The Hall–Kier alpha value is -2.21. The Morgan fingerprint density at radius 1 is 1.58 bits per heavy atom. The third kappa shape index (κ3) is 2.97. The van der Waals surface area contributed by atoms with Crippen molar-refractivity contribution in [2.75, 3.05) is 11.1 Å². The quantitative estimate of drug-likeness (QED) is 0.745. The predicted molar refractivity (Wildman–Crippen MR) is 73.4 cm³/mol. The number of hydrogen-bond acceptors (Lipinski definition) is 4. The first kappa shape index (κ1) is 13.2. The van der Waals surface area contributed by atoms with Gasteiger partial charge in [-0.15, -0.1) is 0 Å². The van der Waals surface area contributed by atoms with Crippen molar-refractivity contribution in [3.8, 4) is 0 Å². The second-order valence-corrected chi connectivity index (χ2v) is 4.51. The van der Waals surface area contributed by atoms with E-state index in [1.165, 1.54) is 12.1 Å². The normalized spacial score (nSPS) is 10.4. The first-order valence-electron chi connectivity index (χ1n) is 5.51. The summed E-state index contributed by atoms with van der Waals surface area (Å²) in [4.78, 5) is 11.2. The van der Waals surface area contributed by atoms with E-state index in [1.807, 2.05) is 13.2 Å². The van der Waals surface area contributed by atoms with Gasteiger partial charge in [0.25, 0.3) is 0 Å². The van der Waals surface area contributed by atoms with Crippen LogP contribution in [0.1, 0.15) is 15.9 Å². The van der Waals surface area contributed by atoms with Gasteiger partial charge in [-0.1, -0.05) is 11.6 Å². The molecule has 0 aliphatic rings. The monoisotopic (exact) mass is 280 g/mol. The Balaban J connectivity index is 2.26. The van der Waals surface area contributed by atoms with Crippen LogP contribution in [0.3, 0.4) is 0 Å². The highest BCUT2D eigenvalue weighted by molar-refractivity contribution is 6.34. The van der Waals surface area contributed by atoms with Gasteiger partial charge in [-0.3, -0.25) is 4.68 Å². The summed E-state index contributed by atoms with van der Waals surface area (Å²) in [5.74, 6) is -1.08. The Morgan fingerprint density at radius 3 is 2.89 bits per heavy atom. The third-order valence-electron chi connectivity index (χ3n) is 2.57. The maximum Gasteiger partial charge on any atom is 0.337 e. The van der Waals surface area contributed by atoms with Crippen LogP contribution in [-0.2, 0) is 13.6 Å². The number of aromatic nitrogens is 2. The van der Waals surface area contributed by atoms with Crippen LogP contribution >= 0.6 is 11.6 Å². The Labute approximate surface area is 114 Å². The van der Waals surface area contributed by atoms with Crippen LogP contribution in [0.15, 0.2) is 24.5 Å². The largest absolute Gasteiger partial charge is 0.478 e. The molecule has 0 saturated heterocycles. The second-order valence-electron chi connectivity index (χ2n) is 4.11. The maximum absolute atomic E-state index is 11.2. The fraction of sp³-hybridized carbons (Fsp3) is 0.167. The lowest BCUT2D eigenvalue weighted by atomic mass is 10.1. The standard InChI is InChI=1S/C12H13ClN4O2/c1-17-6-7(5-16-17)4-15-11-9(12(18)19)2-8(14)3-10(11)13/h2-3,5-6,15H,4,14H2,1H3,(H,18,19). The molecule has 0 fully saturated rings. The summed E-state index contributed by atoms with van der Waals surface area (Å²) >= 11 is 6.02. The topological polar surface area (TPSA) is 93.2 Å². The van der Waals surface area contributed by atoms with E-state index in [9.17, 15) is 4.79 Å². The van der Waals surface area contributed by atoms with Gasteiger partial charge in [0, 0.05) is 31.0 Å². The van der Waals surface area contributed by atoms with Crippen molar-refractivity contribution in [1.82, 2.24) is 9.78 Å². The lowest BCUT2D eigenvalue weighted by Gasteiger charge is -2.11. The van der Waals surface area contributed by atoms with Crippen LogP contribution in [-0.4, -0.2) is 20.9 Å². The number of carboxylic acids is 1. The van der Waals surface area contributed by atoms with Crippen LogP contribution < -0.4 is 11.1 Å². The molecule has 0 bridgehead atoms. The summed E-state index contributed by atoms with van der Waals surface area (Å²) in [5, 5.41) is 16.5. The summed E-state index contributed by atoms with van der Waals surface area (Å²) < 4.78 is 1.67. The number of anilines is 2. The average molecular weight is 281 g/mol. The van der Waals surface area contributed by atoms with Gasteiger partial charge in [0.2, 0.25) is 0 Å². The number of aromatic carboxylic acids is 1. The average Bonchev–Trinajstić information content (AvgIpc) is 2.73. The number of nitrogen functional groups attached to an aromatic ring is 1. The number of aryl methyl sites for hydroxylation is 1. The lowest BCUT2D eigenvalue weighted by molar-refractivity contribution is 0.0698. The summed E-state index contributed by atoms with van der Waals surface area (Å²) in [6.07, 6.45) is 3.53. The molecule has 0 saturated carbocycles. The maximum atomic E-state index is 11.2. The zero-order valence-corrected chi connectivity index (χ0v) is 11.0. The van der Waals surface area contributed by atoms with E-state index in [4.69, 9.17) is 22.4 Å². The van der Waals surface area contributed by atoms with Crippen LogP contribution in [0.25, 0.3) is 0 Å². The molecule has 0 atom stereocenters. The minimum absolute atomic E-state index is 0.0499. The zero-order chi connectivity index (χ0) is 14.0. The van der Waals surface area contributed by atoms with Crippen LogP contribution in [0.2, 0.25) is 5.02 Å². The van der Waals surface area contributed by atoms with Crippen LogP contribution in [0.5, 0.6) is 0 Å². The van der Waals surface area contributed by atoms with Gasteiger partial charge in [-0.05, 0) is 12.1 Å². The van der Waals surface area contributed by atoms with Crippen molar-refractivity contribution >= 4 is 28.9 Å². The van der Waals surface area contributed by atoms with E-state index in [1.54, 1.807) is 10.9 Å². The van der Waals surface area contributed by atoms with E-state index >= 15 is 0 Å². The SMILES string of the molecule is Cn1cc(CNc2c(Cl)cc(N)cc2C(=O)O)cn1. The summed E-state index contributed by atoms with van der Waals surface area (Å²) in [7, 11) is 1.81. The van der Waals surface area contributed by atoms with Gasteiger partial charge in [0.15, 0.2) is 0 Å². The highest BCUT2D eigenvalue weighted by Crippen LogP contribution is 2.29.